The third-order valence-electron chi connectivity index (χ3n) is 3.29. The van der Waals surface area contributed by atoms with Crippen molar-refractivity contribution >= 4 is 21.9 Å². The molecule has 1 aliphatic rings. The minimum atomic E-state index is -3.58. The van der Waals surface area contributed by atoms with E-state index in [0.29, 0.717) is 17.8 Å². The van der Waals surface area contributed by atoms with Crippen molar-refractivity contribution in [2.45, 2.75) is 29.9 Å². The zero-order chi connectivity index (χ0) is 13.2. The lowest BCUT2D eigenvalue weighted by molar-refractivity contribution is 0.191. The molecule has 100 valence electrons. The van der Waals surface area contributed by atoms with Crippen molar-refractivity contribution in [1.29, 1.82) is 0 Å². The molecule has 0 amide bonds. The Morgan fingerprint density at radius 2 is 1.89 bits per heavy atom. The molecule has 1 aliphatic carbocycles. The summed E-state index contributed by atoms with van der Waals surface area (Å²) in [6.07, 6.45) is 4.21. The molecule has 18 heavy (non-hydrogen) atoms. The molecule has 0 unspecified atom stereocenters. The maximum Gasteiger partial charge on any atom is 0.296 e. The van der Waals surface area contributed by atoms with Crippen LogP contribution < -0.4 is 0 Å². The number of benzene rings is 1. The first-order valence-corrected chi connectivity index (χ1v) is 8.70. The van der Waals surface area contributed by atoms with Crippen molar-refractivity contribution in [3.8, 4) is 0 Å². The summed E-state index contributed by atoms with van der Waals surface area (Å²) in [7, 11) is -3.58. The fraction of sp³-hybridized carbons (Fsp3) is 0.538. The van der Waals surface area contributed by atoms with Gasteiger partial charge in [-0.05, 0) is 44.1 Å². The zero-order valence-corrected chi connectivity index (χ0v) is 12.3. The monoisotopic (exact) mass is 286 g/mol. The molecule has 0 saturated heterocycles. The summed E-state index contributed by atoms with van der Waals surface area (Å²) in [5.74, 6) is 0.391. The van der Waals surface area contributed by atoms with Crippen LogP contribution in [-0.4, -0.2) is 26.5 Å². The molecule has 2 rings (SSSR count). The van der Waals surface area contributed by atoms with Gasteiger partial charge >= 0.3 is 0 Å². The van der Waals surface area contributed by atoms with Crippen molar-refractivity contribution in [1.82, 2.24) is 0 Å². The van der Waals surface area contributed by atoms with Gasteiger partial charge in [-0.1, -0.05) is 17.7 Å². The van der Waals surface area contributed by atoms with Crippen molar-refractivity contribution in [2.24, 2.45) is 5.92 Å². The van der Waals surface area contributed by atoms with E-state index in [0.717, 1.165) is 18.4 Å². The van der Waals surface area contributed by atoms with Crippen molar-refractivity contribution in [3.63, 3.8) is 0 Å². The number of hydrogen-bond donors (Lipinski definition) is 0. The Labute approximate surface area is 113 Å². The Hall–Kier alpha value is -0.520. The topological polar surface area (TPSA) is 43.4 Å². The molecule has 0 aliphatic heterocycles. The Kier molecular flexibility index (Phi) is 4.35. The second kappa shape index (κ2) is 5.63. The van der Waals surface area contributed by atoms with Crippen LogP contribution in [0.2, 0.25) is 0 Å². The third-order valence-corrected chi connectivity index (χ3v) is 5.64. The van der Waals surface area contributed by atoms with E-state index in [4.69, 9.17) is 4.18 Å². The Morgan fingerprint density at radius 1 is 1.28 bits per heavy atom. The Morgan fingerprint density at radius 3 is 2.44 bits per heavy atom. The molecule has 0 N–H and O–H groups in total. The summed E-state index contributed by atoms with van der Waals surface area (Å²) < 4.78 is 28.9. The smallest absolute Gasteiger partial charge is 0.266 e. The molecular formula is C13H18O3S2. The summed E-state index contributed by atoms with van der Waals surface area (Å²) in [5, 5.41) is 0.681. The van der Waals surface area contributed by atoms with Crippen LogP contribution in [0.25, 0.3) is 0 Å². The molecule has 0 bridgehead atoms. The summed E-state index contributed by atoms with van der Waals surface area (Å²) in [6.45, 7) is 2.24. The van der Waals surface area contributed by atoms with Gasteiger partial charge in [0.25, 0.3) is 10.1 Å². The van der Waals surface area contributed by atoms with Crippen LogP contribution in [0.15, 0.2) is 29.2 Å². The van der Waals surface area contributed by atoms with Gasteiger partial charge < -0.3 is 0 Å². The first-order valence-electron chi connectivity index (χ1n) is 6.00. The largest absolute Gasteiger partial charge is 0.296 e. The molecule has 5 heteroatoms. The molecule has 1 aromatic rings. The second-order valence-electron chi connectivity index (χ2n) is 4.75. The molecule has 0 heterocycles. The van der Waals surface area contributed by atoms with Crippen LogP contribution in [0.1, 0.15) is 18.4 Å². The van der Waals surface area contributed by atoms with Gasteiger partial charge in [0, 0.05) is 5.25 Å². The molecule has 1 saturated carbocycles. The van der Waals surface area contributed by atoms with Crippen LogP contribution in [0, 0.1) is 12.8 Å². The van der Waals surface area contributed by atoms with Gasteiger partial charge in [0.15, 0.2) is 0 Å². The lowest BCUT2D eigenvalue weighted by Gasteiger charge is -2.33. The van der Waals surface area contributed by atoms with Crippen molar-refractivity contribution in [3.05, 3.63) is 29.8 Å². The third kappa shape index (κ3) is 3.28. The average Bonchev–Trinajstić information content (AvgIpc) is 2.28. The van der Waals surface area contributed by atoms with E-state index in [1.54, 1.807) is 24.3 Å². The van der Waals surface area contributed by atoms with Crippen LogP contribution in [0.5, 0.6) is 0 Å². The van der Waals surface area contributed by atoms with Gasteiger partial charge in [0.2, 0.25) is 0 Å². The number of rotatable bonds is 5. The van der Waals surface area contributed by atoms with E-state index < -0.39 is 10.1 Å². The first-order chi connectivity index (χ1) is 8.51. The lowest BCUT2D eigenvalue weighted by Crippen LogP contribution is -2.30. The van der Waals surface area contributed by atoms with Crippen LogP contribution in [0.3, 0.4) is 0 Å². The highest BCUT2D eigenvalue weighted by Gasteiger charge is 2.30. The summed E-state index contributed by atoms with van der Waals surface area (Å²) in [5.41, 5.74) is 1.04. The zero-order valence-electron chi connectivity index (χ0n) is 10.6. The van der Waals surface area contributed by atoms with Crippen LogP contribution in [-0.2, 0) is 14.3 Å². The summed E-state index contributed by atoms with van der Waals surface area (Å²) in [4.78, 5) is 0.244. The molecule has 3 nitrogen and oxygen atoms in total. The van der Waals surface area contributed by atoms with Crippen LogP contribution >= 0.6 is 11.8 Å². The highest BCUT2D eigenvalue weighted by atomic mass is 32.2. The molecule has 0 aromatic heterocycles. The van der Waals surface area contributed by atoms with Gasteiger partial charge in [-0.2, -0.15) is 20.2 Å². The quantitative estimate of drug-likeness (QED) is 0.781. The van der Waals surface area contributed by atoms with E-state index in [1.807, 2.05) is 18.7 Å². The Balaban J connectivity index is 1.90. The minimum absolute atomic E-state index is 0.244. The molecular weight excluding hydrogens is 268 g/mol. The average molecular weight is 286 g/mol. The molecule has 0 atom stereocenters. The maximum absolute atomic E-state index is 11.9. The van der Waals surface area contributed by atoms with Crippen LogP contribution in [0.4, 0.5) is 0 Å². The van der Waals surface area contributed by atoms with Gasteiger partial charge in [-0.25, -0.2) is 0 Å². The fourth-order valence-corrected chi connectivity index (χ4v) is 3.87. The molecule has 1 aromatic carbocycles. The number of aryl methyl sites for hydroxylation is 1. The lowest BCUT2D eigenvalue weighted by atomic mass is 9.86. The SMILES string of the molecule is CSC1CC(COS(=O)(=O)c2ccc(C)cc2)C1. The van der Waals surface area contributed by atoms with Gasteiger partial charge in [0.05, 0.1) is 11.5 Å². The highest BCUT2D eigenvalue weighted by Crippen LogP contribution is 2.36. The minimum Gasteiger partial charge on any atom is -0.266 e. The van der Waals surface area contributed by atoms with Crippen molar-refractivity contribution in [2.75, 3.05) is 12.9 Å². The summed E-state index contributed by atoms with van der Waals surface area (Å²) in [6, 6.07) is 6.75. The number of thioether (sulfide) groups is 1. The first kappa shape index (κ1) is 13.9. The standard InChI is InChI=1S/C13H18O3S2/c1-10-3-5-13(6-4-10)18(14,15)16-9-11-7-12(8-11)17-2/h3-6,11-12H,7-9H2,1-2H3. The van der Waals surface area contributed by atoms with E-state index in [1.165, 1.54) is 0 Å². The van der Waals surface area contributed by atoms with E-state index in [9.17, 15) is 8.42 Å². The van der Waals surface area contributed by atoms with Crippen molar-refractivity contribution < 1.29 is 12.6 Å². The van der Waals surface area contributed by atoms with Gasteiger partial charge in [-0.3, -0.25) is 4.18 Å². The maximum atomic E-state index is 11.9. The second-order valence-corrected chi connectivity index (χ2v) is 7.50. The van der Waals surface area contributed by atoms with Gasteiger partial charge in [-0.15, -0.1) is 0 Å². The van der Waals surface area contributed by atoms with Gasteiger partial charge in [0.1, 0.15) is 0 Å². The number of hydrogen-bond acceptors (Lipinski definition) is 4. The molecule has 1 fully saturated rings. The predicted octanol–water partition coefficient (Wildman–Crippen LogP) is 2.84. The normalized spacial score (nSPS) is 23.7. The highest BCUT2D eigenvalue weighted by molar-refractivity contribution is 7.99. The summed E-state index contributed by atoms with van der Waals surface area (Å²) >= 11 is 1.84. The predicted molar refractivity (Wildman–Crippen MR) is 74.3 cm³/mol. The molecule has 0 spiro atoms. The van der Waals surface area contributed by atoms with E-state index in [-0.39, 0.29) is 4.90 Å². The molecule has 0 radical (unpaired) electrons. The van der Waals surface area contributed by atoms with E-state index in [2.05, 4.69) is 6.26 Å². The Bertz CT molecular complexity index is 487. The van der Waals surface area contributed by atoms with E-state index >= 15 is 0 Å². The fourth-order valence-electron chi connectivity index (χ4n) is 1.96.